The Morgan fingerprint density at radius 1 is 1.00 bits per heavy atom. The first-order chi connectivity index (χ1) is 11.7. The largest absolute Gasteiger partial charge is 0.462 e. The highest BCUT2D eigenvalue weighted by Crippen LogP contribution is 2.40. The van der Waals surface area contributed by atoms with Gasteiger partial charge >= 0.3 is 5.97 Å². The quantitative estimate of drug-likeness (QED) is 0.782. The molecule has 24 heavy (non-hydrogen) atoms. The SMILES string of the molecule is CN1[C@@H]2CC[C@H]1CC(OC(=O)C1CCCCC1c1ccccc1)C2. The fraction of sp³-hybridized carbons (Fsp3) is 0.667. The molecule has 2 saturated heterocycles. The predicted molar refractivity (Wildman–Crippen MR) is 94.8 cm³/mol. The van der Waals surface area contributed by atoms with E-state index in [-0.39, 0.29) is 18.0 Å². The molecule has 0 amide bonds. The maximum Gasteiger partial charge on any atom is 0.309 e. The smallest absolute Gasteiger partial charge is 0.309 e. The normalized spacial score (nSPS) is 36.5. The molecule has 1 aromatic carbocycles. The van der Waals surface area contributed by atoms with Gasteiger partial charge in [0, 0.05) is 12.1 Å². The highest BCUT2D eigenvalue weighted by atomic mass is 16.5. The van der Waals surface area contributed by atoms with Crippen molar-refractivity contribution in [2.75, 3.05) is 7.05 Å². The average Bonchev–Trinajstić information content (AvgIpc) is 2.84. The minimum Gasteiger partial charge on any atom is -0.462 e. The summed E-state index contributed by atoms with van der Waals surface area (Å²) >= 11 is 0. The van der Waals surface area contributed by atoms with Crippen LogP contribution < -0.4 is 0 Å². The van der Waals surface area contributed by atoms with Crippen molar-refractivity contribution in [3.63, 3.8) is 0 Å². The molecule has 0 radical (unpaired) electrons. The summed E-state index contributed by atoms with van der Waals surface area (Å²) in [7, 11) is 2.23. The number of carbonyl (C=O) groups excluding carboxylic acids is 1. The van der Waals surface area contributed by atoms with Gasteiger partial charge in [0.25, 0.3) is 0 Å². The van der Waals surface area contributed by atoms with Gasteiger partial charge in [0.15, 0.2) is 0 Å². The van der Waals surface area contributed by atoms with Crippen molar-refractivity contribution >= 4 is 5.97 Å². The van der Waals surface area contributed by atoms with E-state index < -0.39 is 0 Å². The standard InChI is InChI=1S/C21H29NO2/c1-22-16-11-12-17(22)14-18(13-16)24-21(23)20-10-6-5-9-19(20)15-7-3-2-4-8-15/h2-4,7-8,16-20H,5-6,9-14H2,1H3/t16-,17+,18?,19?,20?. The summed E-state index contributed by atoms with van der Waals surface area (Å²) in [5.41, 5.74) is 1.31. The van der Waals surface area contributed by atoms with Crippen molar-refractivity contribution in [1.82, 2.24) is 4.90 Å². The predicted octanol–water partition coefficient (Wildman–Crippen LogP) is 4.13. The molecule has 3 aliphatic rings. The van der Waals surface area contributed by atoms with Crippen LogP contribution in [0.5, 0.6) is 0 Å². The van der Waals surface area contributed by atoms with Gasteiger partial charge in [0.05, 0.1) is 5.92 Å². The number of fused-ring (bicyclic) bond motifs is 2. The Bertz CT molecular complexity index is 558. The number of esters is 1. The van der Waals surface area contributed by atoms with Gasteiger partial charge in [-0.1, -0.05) is 43.2 Å². The van der Waals surface area contributed by atoms with Crippen LogP contribution in [0.25, 0.3) is 0 Å². The maximum atomic E-state index is 12.9. The van der Waals surface area contributed by atoms with E-state index in [0.29, 0.717) is 18.0 Å². The zero-order valence-electron chi connectivity index (χ0n) is 14.7. The van der Waals surface area contributed by atoms with Crippen LogP contribution in [0, 0.1) is 5.92 Å². The Balaban J connectivity index is 1.43. The van der Waals surface area contributed by atoms with Crippen molar-refractivity contribution in [3.05, 3.63) is 35.9 Å². The Hall–Kier alpha value is -1.35. The second-order valence-corrected chi connectivity index (χ2v) is 7.99. The van der Waals surface area contributed by atoms with E-state index in [9.17, 15) is 4.79 Å². The lowest BCUT2D eigenvalue weighted by atomic mass is 9.75. The number of nitrogens with zero attached hydrogens (tertiary/aromatic N) is 1. The molecule has 4 rings (SSSR count). The summed E-state index contributed by atoms with van der Waals surface area (Å²) in [4.78, 5) is 15.4. The third-order valence-electron chi connectivity index (χ3n) is 6.63. The van der Waals surface area contributed by atoms with Crippen molar-refractivity contribution in [1.29, 1.82) is 0 Å². The lowest BCUT2D eigenvalue weighted by Crippen LogP contribution is -2.44. The van der Waals surface area contributed by atoms with Crippen molar-refractivity contribution in [2.24, 2.45) is 5.92 Å². The first kappa shape index (κ1) is 16.1. The second kappa shape index (κ2) is 6.87. The highest BCUT2D eigenvalue weighted by Gasteiger charge is 2.41. The second-order valence-electron chi connectivity index (χ2n) is 7.99. The van der Waals surface area contributed by atoms with Gasteiger partial charge in [-0.05, 0) is 57.1 Å². The zero-order chi connectivity index (χ0) is 16.5. The molecule has 3 unspecified atom stereocenters. The van der Waals surface area contributed by atoms with Gasteiger partial charge in [-0.2, -0.15) is 0 Å². The molecule has 1 saturated carbocycles. The molecule has 2 aliphatic heterocycles. The van der Waals surface area contributed by atoms with Gasteiger partial charge in [-0.3, -0.25) is 4.79 Å². The molecule has 5 atom stereocenters. The summed E-state index contributed by atoms with van der Waals surface area (Å²) in [6.45, 7) is 0. The molecule has 130 valence electrons. The Morgan fingerprint density at radius 2 is 1.67 bits per heavy atom. The highest BCUT2D eigenvalue weighted by molar-refractivity contribution is 5.74. The lowest BCUT2D eigenvalue weighted by Gasteiger charge is -2.37. The van der Waals surface area contributed by atoms with Crippen LogP contribution in [-0.2, 0) is 9.53 Å². The van der Waals surface area contributed by atoms with Crippen molar-refractivity contribution < 1.29 is 9.53 Å². The summed E-state index contributed by atoms with van der Waals surface area (Å²) in [5, 5.41) is 0. The number of hydrogen-bond acceptors (Lipinski definition) is 3. The molecule has 3 fully saturated rings. The molecule has 0 aromatic heterocycles. The van der Waals surface area contributed by atoms with Crippen LogP contribution in [0.1, 0.15) is 62.8 Å². The molecule has 2 heterocycles. The molecule has 1 aliphatic carbocycles. The van der Waals surface area contributed by atoms with Gasteiger partial charge < -0.3 is 9.64 Å². The van der Waals surface area contributed by atoms with E-state index in [1.807, 2.05) is 6.07 Å². The van der Waals surface area contributed by atoms with Crippen LogP contribution in [0.3, 0.4) is 0 Å². The fourth-order valence-corrected chi connectivity index (χ4v) is 5.22. The van der Waals surface area contributed by atoms with E-state index in [1.165, 1.54) is 24.8 Å². The summed E-state index contributed by atoms with van der Waals surface area (Å²) in [5.74, 6) is 0.464. The van der Waals surface area contributed by atoms with Gasteiger partial charge in [0.1, 0.15) is 6.10 Å². The molecule has 1 aromatic rings. The number of ether oxygens (including phenoxy) is 1. The Morgan fingerprint density at radius 3 is 2.38 bits per heavy atom. The summed E-state index contributed by atoms with van der Waals surface area (Å²) in [6.07, 6.45) is 9.22. The fourth-order valence-electron chi connectivity index (χ4n) is 5.22. The summed E-state index contributed by atoms with van der Waals surface area (Å²) < 4.78 is 6.05. The molecule has 2 bridgehead atoms. The van der Waals surface area contributed by atoms with Gasteiger partial charge in [-0.15, -0.1) is 0 Å². The Kier molecular flexibility index (Phi) is 4.62. The lowest BCUT2D eigenvalue weighted by molar-refractivity contribution is -0.159. The average molecular weight is 327 g/mol. The van der Waals surface area contributed by atoms with E-state index in [1.54, 1.807) is 0 Å². The molecule has 0 N–H and O–H groups in total. The molecule has 3 heteroatoms. The van der Waals surface area contributed by atoms with Gasteiger partial charge in [-0.25, -0.2) is 0 Å². The van der Waals surface area contributed by atoms with Crippen LogP contribution >= 0.6 is 0 Å². The third kappa shape index (κ3) is 3.11. The van der Waals surface area contributed by atoms with Crippen molar-refractivity contribution in [2.45, 2.75) is 75.5 Å². The number of rotatable bonds is 3. The van der Waals surface area contributed by atoms with Crippen LogP contribution in [0.15, 0.2) is 30.3 Å². The Labute approximate surface area is 145 Å². The number of hydrogen-bond donors (Lipinski definition) is 0. The monoisotopic (exact) mass is 327 g/mol. The molecule has 0 spiro atoms. The minimum absolute atomic E-state index is 0.0541. The number of carbonyl (C=O) groups is 1. The van der Waals surface area contributed by atoms with E-state index in [2.05, 4.69) is 36.2 Å². The summed E-state index contributed by atoms with van der Waals surface area (Å²) in [6, 6.07) is 11.8. The van der Waals surface area contributed by atoms with E-state index in [4.69, 9.17) is 4.74 Å². The number of benzene rings is 1. The maximum absolute atomic E-state index is 12.9. The first-order valence-corrected chi connectivity index (χ1v) is 9.69. The molecule has 3 nitrogen and oxygen atoms in total. The topological polar surface area (TPSA) is 29.5 Å². The number of piperidine rings is 1. The van der Waals surface area contributed by atoms with Crippen LogP contribution in [0.2, 0.25) is 0 Å². The van der Waals surface area contributed by atoms with Crippen LogP contribution in [0.4, 0.5) is 0 Å². The van der Waals surface area contributed by atoms with E-state index >= 15 is 0 Å². The third-order valence-corrected chi connectivity index (χ3v) is 6.63. The molecular formula is C21H29NO2. The zero-order valence-corrected chi connectivity index (χ0v) is 14.7. The first-order valence-electron chi connectivity index (χ1n) is 9.69. The van der Waals surface area contributed by atoms with E-state index in [0.717, 1.165) is 32.1 Å². The van der Waals surface area contributed by atoms with Crippen molar-refractivity contribution in [3.8, 4) is 0 Å². The minimum atomic E-state index is 0.0541. The molecular weight excluding hydrogens is 298 g/mol. The van der Waals surface area contributed by atoms with Crippen LogP contribution in [-0.4, -0.2) is 36.1 Å². The van der Waals surface area contributed by atoms with Gasteiger partial charge in [0.2, 0.25) is 0 Å².